The normalized spacial score (nSPS) is 14.9. The Kier molecular flexibility index (Phi) is 5.20. The third kappa shape index (κ3) is 3.19. The van der Waals surface area contributed by atoms with Crippen molar-refractivity contribution in [3.05, 3.63) is 58.5 Å². The van der Waals surface area contributed by atoms with Crippen LogP contribution in [0.25, 0.3) is 5.70 Å². The van der Waals surface area contributed by atoms with Gasteiger partial charge in [-0.05, 0) is 47.1 Å². The number of halogens is 2. The van der Waals surface area contributed by atoms with Gasteiger partial charge in [0.2, 0.25) is 0 Å². The molecule has 5 heteroatoms. The highest BCUT2D eigenvalue weighted by molar-refractivity contribution is 9.12. The van der Waals surface area contributed by atoms with Crippen LogP contribution in [-0.2, 0) is 4.74 Å². The van der Waals surface area contributed by atoms with E-state index in [0.29, 0.717) is 17.9 Å². The summed E-state index contributed by atoms with van der Waals surface area (Å²) in [6, 6.07) is 4.76. The molecule has 0 saturated heterocycles. The van der Waals surface area contributed by atoms with E-state index in [-0.39, 0.29) is 12.6 Å². The number of benzene rings is 1. The molecule has 1 heterocycles. The van der Waals surface area contributed by atoms with Gasteiger partial charge >= 0.3 is 0 Å². The van der Waals surface area contributed by atoms with Crippen molar-refractivity contribution in [3.63, 3.8) is 0 Å². The predicted octanol–water partition coefficient (Wildman–Crippen LogP) is 4.28. The molecule has 1 aliphatic heterocycles. The Morgan fingerprint density at radius 2 is 2.10 bits per heavy atom. The van der Waals surface area contributed by atoms with Gasteiger partial charge in [0.15, 0.2) is 6.79 Å². The quantitative estimate of drug-likeness (QED) is 0.737. The van der Waals surface area contributed by atoms with E-state index in [2.05, 4.69) is 22.5 Å². The van der Waals surface area contributed by atoms with Crippen LogP contribution in [0, 0.1) is 5.82 Å². The zero-order valence-electron chi connectivity index (χ0n) is 12.0. The standard InChI is InChI=1S/C16H17BrFNO2/c1-4-19-11(2)12(17)8-9-14(19)16-13(18)6-5-7-15(16)21-10-20-3/h5-9H,2,4,10H2,1,3H3. The Morgan fingerprint density at radius 3 is 2.76 bits per heavy atom. The molecule has 1 aromatic carbocycles. The molecule has 0 amide bonds. The maximum Gasteiger partial charge on any atom is 0.188 e. The van der Waals surface area contributed by atoms with E-state index in [4.69, 9.17) is 9.47 Å². The topological polar surface area (TPSA) is 21.7 Å². The van der Waals surface area contributed by atoms with Gasteiger partial charge < -0.3 is 14.4 Å². The molecular formula is C16H17BrFNO2. The fraction of sp³-hybridized carbons (Fsp3) is 0.250. The second-order valence-corrected chi connectivity index (χ2v) is 5.28. The third-order valence-electron chi connectivity index (χ3n) is 3.16. The summed E-state index contributed by atoms with van der Waals surface area (Å²) in [5.74, 6) is 0.105. The number of hydrogen-bond acceptors (Lipinski definition) is 3. The number of methoxy groups -OCH3 is 1. The highest BCUT2D eigenvalue weighted by atomic mass is 79.9. The van der Waals surface area contributed by atoms with Crippen LogP contribution in [0.15, 0.2) is 47.1 Å². The number of hydrogen-bond donors (Lipinski definition) is 0. The minimum Gasteiger partial charge on any atom is -0.467 e. The van der Waals surface area contributed by atoms with Gasteiger partial charge in [-0.25, -0.2) is 4.39 Å². The van der Waals surface area contributed by atoms with Gasteiger partial charge in [-0.2, -0.15) is 0 Å². The molecule has 0 bridgehead atoms. The van der Waals surface area contributed by atoms with E-state index in [0.717, 1.165) is 15.9 Å². The molecule has 0 aliphatic carbocycles. The molecule has 2 rings (SSSR count). The van der Waals surface area contributed by atoms with Crippen LogP contribution in [-0.4, -0.2) is 25.3 Å². The minimum atomic E-state index is -0.340. The average molecular weight is 354 g/mol. The molecule has 0 aromatic heterocycles. The van der Waals surface area contributed by atoms with Gasteiger partial charge in [-0.3, -0.25) is 0 Å². The van der Waals surface area contributed by atoms with E-state index >= 15 is 0 Å². The van der Waals surface area contributed by atoms with Crippen molar-refractivity contribution in [1.29, 1.82) is 0 Å². The summed E-state index contributed by atoms with van der Waals surface area (Å²) in [6.07, 6.45) is 3.71. The summed E-state index contributed by atoms with van der Waals surface area (Å²) < 4.78 is 25.6. The highest BCUT2D eigenvalue weighted by Crippen LogP contribution is 2.37. The van der Waals surface area contributed by atoms with Gasteiger partial charge in [0.05, 0.1) is 11.3 Å². The van der Waals surface area contributed by atoms with Crippen LogP contribution in [0.1, 0.15) is 12.5 Å². The Hall–Kier alpha value is -1.59. The van der Waals surface area contributed by atoms with E-state index in [1.807, 2.05) is 24.0 Å². The van der Waals surface area contributed by atoms with E-state index in [9.17, 15) is 4.39 Å². The van der Waals surface area contributed by atoms with Gasteiger partial charge in [-0.1, -0.05) is 12.6 Å². The van der Waals surface area contributed by atoms with Gasteiger partial charge in [0.1, 0.15) is 11.6 Å². The molecule has 21 heavy (non-hydrogen) atoms. The highest BCUT2D eigenvalue weighted by Gasteiger charge is 2.23. The van der Waals surface area contributed by atoms with Crippen LogP contribution in [0.4, 0.5) is 4.39 Å². The van der Waals surface area contributed by atoms with Crippen molar-refractivity contribution < 1.29 is 13.9 Å². The lowest BCUT2D eigenvalue weighted by molar-refractivity contribution is 0.0506. The number of ether oxygens (including phenoxy) is 2. The number of rotatable bonds is 5. The fourth-order valence-corrected chi connectivity index (χ4v) is 2.53. The second kappa shape index (κ2) is 6.91. The summed E-state index contributed by atoms with van der Waals surface area (Å²) in [5, 5.41) is 0. The van der Waals surface area contributed by atoms with Crippen molar-refractivity contribution in [2.75, 3.05) is 20.4 Å². The average Bonchev–Trinajstić information content (AvgIpc) is 2.48. The third-order valence-corrected chi connectivity index (χ3v) is 3.88. The largest absolute Gasteiger partial charge is 0.467 e. The van der Waals surface area contributed by atoms with Gasteiger partial charge in [-0.15, -0.1) is 0 Å². The van der Waals surface area contributed by atoms with Crippen molar-refractivity contribution in [2.24, 2.45) is 0 Å². The van der Waals surface area contributed by atoms with Gasteiger partial charge in [0, 0.05) is 23.8 Å². The summed E-state index contributed by atoms with van der Waals surface area (Å²) in [7, 11) is 1.53. The number of nitrogens with zero attached hydrogens (tertiary/aromatic N) is 1. The first kappa shape index (κ1) is 15.8. The van der Waals surface area contributed by atoms with Gasteiger partial charge in [0.25, 0.3) is 0 Å². The number of allylic oxidation sites excluding steroid dienone is 3. The molecule has 0 unspecified atom stereocenters. The minimum absolute atomic E-state index is 0.0658. The molecule has 0 fully saturated rings. The monoisotopic (exact) mass is 353 g/mol. The Labute approximate surface area is 132 Å². The smallest absolute Gasteiger partial charge is 0.188 e. The maximum atomic E-state index is 14.3. The van der Waals surface area contributed by atoms with Crippen LogP contribution in [0.3, 0.4) is 0 Å². The fourth-order valence-electron chi connectivity index (χ4n) is 2.19. The summed E-state index contributed by atoms with van der Waals surface area (Å²) in [6.45, 7) is 6.75. The first-order valence-electron chi connectivity index (χ1n) is 6.55. The van der Waals surface area contributed by atoms with Crippen LogP contribution in [0.2, 0.25) is 0 Å². The van der Waals surface area contributed by atoms with Crippen molar-refractivity contribution >= 4 is 21.6 Å². The zero-order valence-corrected chi connectivity index (χ0v) is 13.6. The lowest BCUT2D eigenvalue weighted by Crippen LogP contribution is -2.24. The van der Waals surface area contributed by atoms with Crippen LogP contribution < -0.4 is 4.74 Å². The molecule has 0 saturated carbocycles. The molecule has 0 spiro atoms. The lowest BCUT2D eigenvalue weighted by atomic mass is 10.0. The van der Waals surface area contributed by atoms with Crippen molar-refractivity contribution in [1.82, 2.24) is 4.90 Å². The Bertz CT molecular complexity index is 610. The molecule has 3 nitrogen and oxygen atoms in total. The van der Waals surface area contributed by atoms with E-state index in [1.54, 1.807) is 12.1 Å². The SMILES string of the molecule is C=C1C(Br)=CC=C(c2c(F)cccc2OCOC)N1CC. The van der Waals surface area contributed by atoms with Crippen LogP contribution >= 0.6 is 15.9 Å². The zero-order chi connectivity index (χ0) is 15.4. The summed E-state index contributed by atoms with van der Waals surface area (Å²) in [4.78, 5) is 1.93. The Balaban J connectivity index is 2.52. The number of likely N-dealkylation sites (N-methyl/N-ethyl adjacent to an activating group) is 1. The van der Waals surface area contributed by atoms with Crippen molar-refractivity contribution in [2.45, 2.75) is 6.92 Å². The summed E-state index contributed by atoms with van der Waals surface area (Å²) in [5.41, 5.74) is 1.92. The maximum absolute atomic E-state index is 14.3. The molecule has 0 atom stereocenters. The first-order chi connectivity index (χ1) is 10.1. The molecule has 0 N–H and O–H groups in total. The lowest BCUT2D eigenvalue weighted by Gasteiger charge is -2.31. The van der Waals surface area contributed by atoms with E-state index in [1.165, 1.54) is 13.2 Å². The molecule has 112 valence electrons. The molecule has 1 aliphatic rings. The molecular weight excluding hydrogens is 337 g/mol. The Morgan fingerprint density at radius 1 is 1.33 bits per heavy atom. The molecule has 1 aromatic rings. The van der Waals surface area contributed by atoms with E-state index < -0.39 is 0 Å². The predicted molar refractivity (Wildman–Crippen MR) is 85.4 cm³/mol. The second-order valence-electron chi connectivity index (χ2n) is 4.42. The van der Waals surface area contributed by atoms with Crippen molar-refractivity contribution in [3.8, 4) is 5.75 Å². The van der Waals surface area contributed by atoms with Crippen LogP contribution in [0.5, 0.6) is 5.75 Å². The summed E-state index contributed by atoms with van der Waals surface area (Å²) >= 11 is 3.44. The first-order valence-corrected chi connectivity index (χ1v) is 7.34. The molecule has 0 radical (unpaired) electrons.